The number of rotatable bonds is 6. The Hall–Kier alpha value is -1.39. The molecule has 1 rings (SSSR count). The number of hydroxylamine groups is 1. The first-order chi connectivity index (χ1) is 7.77. The molecule has 0 aliphatic rings. The number of nitrogens with one attached hydrogen (secondary N) is 1. The van der Waals surface area contributed by atoms with E-state index in [1.165, 1.54) is 5.56 Å². The SMILES string of the molecule is CCc1ccc(C(=O)NOCCOC)cc1. The molecule has 16 heavy (non-hydrogen) atoms. The van der Waals surface area contributed by atoms with Gasteiger partial charge in [0, 0.05) is 12.7 Å². The zero-order valence-electron chi connectivity index (χ0n) is 9.66. The largest absolute Gasteiger partial charge is 0.382 e. The number of carbonyl (C=O) groups excluding carboxylic acids is 1. The lowest BCUT2D eigenvalue weighted by molar-refractivity contribution is 0.00889. The van der Waals surface area contributed by atoms with Crippen LogP contribution >= 0.6 is 0 Å². The third-order valence-corrected chi connectivity index (χ3v) is 2.18. The third-order valence-electron chi connectivity index (χ3n) is 2.18. The van der Waals surface area contributed by atoms with Crippen molar-refractivity contribution in [3.05, 3.63) is 35.4 Å². The molecule has 0 atom stereocenters. The van der Waals surface area contributed by atoms with Gasteiger partial charge in [0.05, 0.1) is 13.2 Å². The van der Waals surface area contributed by atoms with E-state index in [9.17, 15) is 4.79 Å². The molecule has 88 valence electrons. The second kappa shape index (κ2) is 6.98. The van der Waals surface area contributed by atoms with Gasteiger partial charge >= 0.3 is 0 Å². The summed E-state index contributed by atoms with van der Waals surface area (Å²) < 4.78 is 4.78. The second-order valence-electron chi connectivity index (χ2n) is 3.32. The maximum absolute atomic E-state index is 11.5. The van der Waals surface area contributed by atoms with Gasteiger partial charge in [-0.1, -0.05) is 19.1 Å². The number of hydrogen-bond acceptors (Lipinski definition) is 3. The molecule has 1 N–H and O–H groups in total. The van der Waals surface area contributed by atoms with Crippen molar-refractivity contribution in [1.29, 1.82) is 0 Å². The Labute approximate surface area is 95.5 Å². The normalized spacial score (nSPS) is 10.1. The highest BCUT2D eigenvalue weighted by Crippen LogP contribution is 2.04. The molecule has 0 saturated heterocycles. The Morgan fingerprint density at radius 1 is 1.25 bits per heavy atom. The number of ether oxygens (including phenoxy) is 1. The molecule has 1 amide bonds. The van der Waals surface area contributed by atoms with Crippen LogP contribution in [0.3, 0.4) is 0 Å². The van der Waals surface area contributed by atoms with E-state index in [4.69, 9.17) is 9.57 Å². The molecule has 0 spiro atoms. The lowest BCUT2D eigenvalue weighted by atomic mass is 10.1. The Balaban J connectivity index is 2.40. The molecule has 0 unspecified atom stereocenters. The second-order valence-corrected chi connectivity index (χ2v) is 3.32. The Bertz CT molecular complexity index is 322. The average molecular weight is 223 g/mol. The van der Waals surface area contributed by atoms with E-state index in [2.05, 4.69) is 12.4 Å². The first-order valence-corrected chi connectivity index (χ1v) is 5.28. The molecule has 0 aromatic heterocycles. The van der Waals surface area contributed by atoms with Gasteiger partial charge < -0.3 is 4.74 Å². The number of methoxy groups -OCH3 is 1. The number of hydrogen-bond donors (Lipinski definition) is 1. The summed E-state index contributed by atoms with van der Waals surface area (Å²) in [5, 5.41) is 0. The third kappa shape index (κ3) is 4.00. The van der Waals surface area contributed by atoms with Crippen LogP contribution in [-0.4, -0.2) is 26.2 Å². The van der Waals surface area contributed by atoms with E-state index in [1.807, 2.05) is 12.1 Å². The average Bonchev–Trinajstić information content (AvgIpc) is 2.34. The van der Waals surface area contributed by atoms with Crippen molar-refractivity contribution >= 4 is 5.91 Å². The van der Waals surface area contributed by atoms with E-state index in [0.717, 1.165) is 6.42 Å². The summed E-state index contributed by atoms with van der Waals surface area (Å²) in [7, 11) is 1.58. The van der Waals surface area contributed by atoms with Crippen molar-refractivity contribution in [3.63, 3.8) is 0 Å². The molecule has 4 heteroatoms. The van der Waals surface area contributed by atoms with Gasteiger partial charge in [0.2, 0.25) is 0 Å². The minimum atomic E-state index is -0.237. The van der Waals surface area contributed by atoms with Gasteiger partial charge in [0.15, 0.2) is 0 Å². The number of aryl methyl sites for hydroxylation is 1. The van der Waals surface area contributed by atoms with Crippen molar-refractivity contribution in [1.82, 2.24) is 5.48 Å². The predicted molar refractivity (Wildman–Crippen MR) is 61.1 cm³/mol. The van der Waals surface area contributed by atoms with Gasteiger partial charge in [0.25, 0.3) is 5.91 Å². The minimum Gasteiger partial charge on any atom is -0.382 e. The zero-order valence-corrected chi connectivity index (χ0v) is 9.66. The molecule has 0 heterocycles. The van der Waals surface area contributed by atoms with Gasteiger partial charge in [-0.3, -0.25) is 9.63 Å². The standard InChI is InChI=1S/C12H17NO3/c1-3-10-4-6-11(7-5-10)12(14)13-16-9-8-15-2/h4-7H,3,8-9H2,1-2H3,(H,13,14). The Morgan fingerprint density at radius 3 is 2.50 bits per heavy atom. The molecular formula is C12H17NO3. The fraction of sp³-hybridized carbons (Fsp3) is 0.417. The van der Waals surface area contributed by atoms with E-state index < -0.39 is 0 Å². The highest BCUT2D eigenvalue weighted by molar-refractivity contribution is 5.93. The van der Waals surface area contributed by atoms with Crippen LogP contribution in [0.1, 0.15) is 22.8 Å². The Kier molecular flexibility index (Phi) is 5.53. The maximum atomic E-state index is 11.5. The lowest BCUT2D eigenvalue weighted by Gasteiger charge is -2.05. The quantitative estimate of drug-likeness (QED) is 0.588. The highest BCUT2D eigenvalue weighted by atomic mass is 16.7. The minimum absolute atomic E-state index is 0.237. The van der Waals surface area contributed by atoms with E-state index in [0.29, 0.717) is 18.8 Å². The molecule has 0 fully saturated rings. The summed E-state index contributed by atoms with van der Waals surface area (Å²) in [5.41, 5.74) is 4.15. The fourth-order valence-electron chi connectivity index (χ4n) is 1.19. The Morgan fingerprint density at radius 2 is 1.94 bits per heavy atom. The van der Waals surface area contributed by atoms with Crippen LogP contribution in [0, 0.1) is 0 Å². The molecule has 0 radical (unpaired) electrons. The van der Waals surface area contributed by atoms with E-state index in [-0.39, 0.29) is 5.91 Å². The van der Waals surface area contributed by atoms with Gasteiger partial charge in [-0.05, 0) is 24.1 Å². The van der Waals surface area contributed by atoms with Crippen LogP contribution in [0.5, 0.6) is 0 Å². The summed E-state index contributed by atoms with van der Waals surface area (Å²) >= 11 is 0. The summed E-state index contributed by atoms with van der Waals surface area (Å²) in [5.74, 6) is -0.237. The van der Waals surface area contributed by atoms with Crippen molar-refractivity contribution in [3.8, 4) is 0 Å². The summed E-state index contributed by atoms with van der Waals surface area (Å²) in [4.78, 5) is 16.5. The number of carbonyl (C=O) groups is 1. The highest BCUT2D eigenvalue weighted by Gasteiger charge is 2.04. The lowest BCUT2D eigenvalue weighted by Crippen LogP contribution is -2.25. The zero-order chi connectivity index (χ0) is 11.8. The molecule has 4 nitrogen and oxygen atoms in total. The van der Waals surface area contributed by atoms with Crippen LogP contribution in [0.25, 0.3) is 0 Å². The molecule has 0 aliphatic heterocycles. The van der Waals surface area contributed by atoms with E-state index in [1.54, 1.807) is 19.2 Å². The summed E-state index contributed by atoms with van der Waals surface area (Å²) in [6, 6.07) is 7.44. The van der Waals surface area contributed by atoms with Crippen LogP contribution in [0.2, 0.25) is 0 Å². The molecule has 0 bridgehead atoms. The van der Waals surface area contributed by atoms with Crippen LogP contribution in [0.15, 0.2) is 24.3 Å². The van der Waals surface area contributed by atoms with Gasteiger partial charge in [-0.2, -0.15) is 0 Å². The molecule has 0 saturated carbocycles. The molecule has 0 aliphatic carbocycles. The van der Waals surface area contributed by atoms with Crippen molar-refractivity contribution in [2.24, 2.45) is 0 Å². The monoisotopic (exact) mass is 223 g/mol. The number of benzene rings is 1. The summed E-state index contributed by atoms with van der Waals surface area (Å²) in [6.45, 7) is 2.87. The van der Waals surface area contributed by atoms with Crippen molar-refractivity contribution in [2.45, 2.75) is 13.3 Å². The van der Waals surface area contributed by atoms with E-state index >= 15 is 0 Å². The maximum Gasteiger partial charge on any atom is 0.274 e. The van der Waals surface area contributed by atoms with Crippen LogP contribution in [-0.2, 0) is 16.0 Å². The molecular weight excluding hydrogens is 206 g/mol. The van der Waals surface area contributed by atoms with Crippen molar-refractivity contribution in [2.75, 3.05) is 20.3 Å². The van der Waals surface area contributed by atoms with Crippen molar-refractivity contribution < 1.29 is 14.4 Å². The van der Waals surface area contributed by atoms with Gasteiger partial charge in [0.1, 0.15) is 0 Å². The van der Waals surface area contributed by atoms with Crippen LogP contribution < -0.4 is 5.48 Å². The fourth-order valence-corrected chi connectivity index (χ4v) is 1.19. The molecule has 1 aromatic rings. The van der Waals surface area contributed by atoms with Crippen LogP contribution in [0.4, 0.5) is 0 Å². The number of amides is 1. The summed E-state index contributed by atoms with van der Waals surface area (Å²) in [6.07, 6.45) is 0.965. The topological polar surface area (TPSA) is 47.6 Å². The first kappa shape index (κ1) is 12.7. The van der Waals surface area contributed by atoms with Gasteiger partial charge in [-0.25, -0.2) is 5.48 Å². The predicted octanol–water partition coefficient (Wildman–Crippen LogP) is 1.56. The van der Waals surface area contributed by atoms with Gasteiger partial charge in [-0.15, -0.1) is 0 Å². The smallest absolute Gasteiger partial charge is 0.274 e. The first-order valence-electron chi connectivity index (χ1n) is 5.28. The molecule has 1 aromatic carbocycles.